The maximum Gasteiger partial charge on any atom is 0.246 e. The van der Waals surface area contributed by atoms with Gasteiger partial charge in [-0.25, -0.2) is 0 Å². The van der Waals surface area contributed by atoms with E-state index in [0.717, 1.165) is 24.4 Å². The minimum Gasteiger partial charge on any atom is -0.490 e. The second-order valence-corrected chi connectivity index (χ2v) is 17.9. The van der Waals surface area contributed by atoms with E-state index >= 15 is 0 Å². The van der Waals surface area contributed by atoms with Crippen LogP contribution in [0.2, 0.25) is 0 Å². The van der Waals surface area contributed by atoms with Gasteiger partial charge in [0.25, 0.3) is 0 Å². The van der Waals surface area contributed by atoms with Crippen molar-refractivity contribution >= 4 is 79.4 Å². The van der Waals surface area contributed by atoms with Gasteiger partial charge in [0, 0.05) is 31.9 Å². The number of likely N-dealkylation sites (tertiary alicyclic amines) is 1. The van der Waals surface area contributed by atoms with E-state index in [4.69, 9.17) is 4.74 Å². The van der Waals surface area contributed by atoms with Crippen LogP contribution in [-0.4, -0.2) is 42.5 Å². The lowest BCUT2D eigenvalue weighted by Crippen LogP contribution is -2.46. The van der Waals surface area contributed by atoms with Crippen molar-refractivity contribution < 1.29 is 9.53 Å². The maximum atomic E-state index is 11.9. The molecule has 1 aromatic carbocycles. The average molecular weight is 666 g/mol. The molecule has 0 spiro atoms. The van der Waals surface area contributed by atoms with Gasteiger partial charge >= 0.3 is 0 Å². The molecule has 2 rings (SSSR count). The largest absolute Gasteiger partial charge is 0.490 e. The molecule has 1 aliphatic heterocycles. The molecule has 0 N–H and O–H groups in total. The van der Waals surface area contributed by atoms with E-state index in [-0.39, 0.29) is 10.9 Å². The first kappa shape index (κ1) is 20.5. The Kier molecular flexibility index (Phi) is 7.08. The lowest BCUT2D eigenvalue weighted by Gasteiger charge is -2.37. The molecular formula is C17H21I3N2O2. The van der Waals surface area contributed by atoms with E-state index in [1.165, 1.54) is 6.08 Å². The molecule has 24 heavy (non-hydrogen) atoms. The molecular weight excluding hydrogens is 645 g/mol. The summed E-state index contributed by atoms with van der Waals surface area (Å²) >= 11 is 7.09. The number of carbonyl (C=O) groups is 1. The van der Waals surface area contributed by atoms with Crippen molar-refractivity contribution in [3.05, 3.63) is 36.9 Å². The van der Waals surface area contributed by atoms with Crippen LogP contribution in [0, 0.1) is 0 Å². The average Bonchev–Trinajstić information content (AvgIpc) is 2.95. The predicted molar refractivity (Wildman–Crippen MR) is 125 cm³/mol. The fourth-order valence-corrected chi connectivity index (χ4v) is 3.26. The molecule has 0 saturated carbocycles. The number of halogens is 3. The molecule has 1 unspecified atom stereocenters. The summed E-state index contributed by atoms with van der Waals surface area (Å²) in [5.74, 6) is 0.876. The van der Waals surface area contributed by atoms with Crippen molar-refractivity contribution in [3.8, 4) is 5.75 Å². The number of rotatable bonds is 6. The first-order chi connectivity index (χ1) is 11.1. The number of hydrogen-bond donors (Lipinski definition) is 0. The third-order valence-electron chi connectivity index (χ3n) is 4.36. The van der Waals surface area contributed by atoms with E-state index in [1.54, 1.807) is 0 Å². The van der Waals surface area contributed by atoms with Gasteiger partial charge in [0.2, 0.25) is 5.91 Å². The predicted octanol–water partition coefficient (Wildman–Crippen LogP) is 4.64. The summed E-state index contributed by atoms with van der Waals surface area (Å²) in [5.41, 5.74) is 1.01. The van der Waals surface area contributed by atoms with Gasteiger partial charge in [-0.3, -0.25) is 4.79 Å². The van der Waals surface area contributed by atoms with Crippen molar-refractivity contribution in [2.45, 2.75) is 18.3 Å². The van der Waals surface area contributed by atoms with Gasteiger partial charge in [-0.15, -0.1) is 0 Å². The number of benzene rings is 1. The number of hydrogen-bond acceptors (Lipinski definition) is 3. The smallest absolute Gasteiger partial charge is 0.246 e. The highest BCUT2D eigenvalue weighted by Crippen LogP contribution is 2.37. The van der Waals surface area contributed by atoms with Gasteiger partial charge in [0.1, 0.15) is 12.4 Å². The van der Waals surface area contributed by atoms with Gasteiger partial charge in [0.15, 0.2) is -0.565 Å². The van der Waals surface area contributed by atoms with E-state index in [2.05, 4.69) is 105 Å². The van der Waals surface area contributed by atoms with Crippen LogP contribution in [0.1, 0.15) is 13.3 Å². The number of alkyl halides is 3. The highest BCUT2D eigenvalue weighted by atomic mass is 127. The van der Waals surface area contributed by atoms with Crippen LogP contribution in [0.4, 0.5) is 5.69 Å². The summed E-state index contributed by atoms with van der Waals surface area (Å²) < 4.78 is 5.95. The van der Waals surface area contributed by atoms with E-state index < -0.39 is 0 Å². The summed E-state index contributed by atoms with van der Waals surface area (Å²) in [6.45, 7) is 7.89. The van der Waals surface area contributed by atoms with Crippen LogP contribution in [0.15, 0.2) is 36.9 Å². The summed E-state index contributed by atoms with van der Waals surface area (Å²) in [6, 6.07) is 8.15. The Morgan fingerprint density at radius 2 is 2.21 bits per heavy atom. The Labute approximate surface area is 184 Å². The van der Waals surface area contributed by atoms with Crippen molar-refractivity contribution in [2.24, 2.45) is 0 Å². The summed E-state index contributed by atoms with van der Waals surface area (Å²) in [6.07, 6.45) is 2.33. The van der Waals surface area contributed by atoms with Crippen LogP contribution in [0.5, 0.6) is 5.75 Å². The molecule has 1 saturated heterocycles. The van der Waals surface area contributed by atoms with Gasteiger partial charge in [-0.2, -0.15) is 0 Å². The van der Waals surface area contributed by atoms with E-state index in [1.807, 2.05) is 17.0 Å². The molecule has 0 aliphatic carbocycles. The molecule has 1 aliphatic rings. The second-order valence-electron chi connectivity index (χ2n) is 6.17. The first-order valence-electron chi connectivity index (χ1n) is 7.59. The number of carbonyl (C=O) groups excluding carboxylic acids is 1. The highest BCUT2D eigenvalue weighted by Gasteiger charge is 2.38. The second kappa shape index (κ2) is 8.28. The quantitative estimate of drug-likeness (QED) is 0.253. The minimum atomic E-state index is -0.0865. The lowest BCUT2D eigenvalue weighted by molar-refractivity contribution is -0.125. The van der Waals surface area contributed by atoms with Crippen molar-refractivity contribution in [2.75, 3.05) is 31.6 Å². The normalized spacial score (nSPS) is 20.8. The molecule has 1 amide bonds. The molecule has 0 aromatic heterocycles. The van der Waals surface area contributed by atoms with Gasteiger partial charge in [0.05, 0.1) is 5.54 Å². The Hall–Kier alpha value is 0.220. The third kappa shape index (κ3) is 5.36. The van der Waals surface area contributed by atoms with Crippen LogP contribution >= 0.6 is 67.8 Å². The zero-order valence-electron chi connectivity index (χ0n) is 13.8. The Morgan fingerprint density at radius 3 is 2.83 bits per heavy atom. The summed E-state index contributed by atoms with van der Waals surface area (Å²) in [5, 5.41) is 0. The van der Waals surface area contributed by atoms with Crippen LogP contribution < -0.4 is 9.64 Å². The molecule has 4 nitrogen and oxygen atoms in total. The zero-order valence-corrected chi connectivity index (χ0v) is 20.2. The SMILES string of the molecule is C=CC(=O)N1CCC(C)(N(C)c2cccc(OCC(I)(I)I)c2)C1. The Morgan fingerprint density at radius 1 is 1.50 bits per heavy atom. The summed E-state index contributed by atoms with van der Waals surface area (Å²) in [7, 11) is 2.08. The van der Waals surface area contributed by atoms with E-state index in [0.29, 0.717) is 13.2 Å². The molecule has 0 bridgehead atoms. The minimum absolute atomic E-state index is 0.00619. The van der Waals surface area contributed by atoms with Crippen LogP contribution in [-0.2, 0) is 4.79 Å². The van der Waals surface area contributed by atoms with Crippen molar-refractivity contribution in [1.82, 2.24) is 4.90 Å². The van der Waals surface area contributed by atoms with Crippen molar-refractivity contribution in [3.63, 3.8) is 0 Å². The van der Waals surface area contributed by atoms with Crippen molar-refractivity contribution in [1.29, 1.82) is 0 Å². The number of amides is 1. The fraction of sp³-hybridized carbons (Fsp3) is 0.471. The molecule has 1 fully saturated rings. The Bertz CT molecular complexity index is 618. The number of anilines is 1. The fourth-order valence-electron chi connectivity index (χ4n) is 2.79. The molecule has 7 heteroatoms. The number of nitrogens with zero attached hydrogens (tertiary/aromatic N) is 2. The molecule has 1 aromatic rings. The summed E-state index contributed by atoms with van der Waals surface area (Å²) in [4.78, 5) is 16.0. The molecule has 1 heterocycles. The van der Waals surface area contributed by atoms with Crippen LogP contribution in [0.3, 0.4) is 0 Å². The monoisotopic (exact) mass is 666 g/mol. The topological polar surface area (TPSA) is 32.8 Å². The molecule has 132 valence electrons. The maximum absolute atomic E-state index is 11.9. The Balaban J connectivity index is 2.11. The van der Waals surface area contributed by atoms with Gasteiger partial charge in [-0.05, 0) is 31.6 Å². The van der Waals surface area contributed by atoms with Gasteiger partial charge in [-0.1, -0.05) is 80.4 Å². The number of likely N-dealkylation sites (N-methyl/N-ethyl adjacent to an activating group) is 1. The molecule has 1 atom stereocenters. The van der Waals surface area contributed by atoms with Gasteiger partial charge < -0.3 is 14.5 Å². The lowest BCUT2D eigenvalue weighted by atomic mass is 9.98. The zero-order chi connectivity index (χ0) is 18.0. The highest BCUT2D eigenvalue weighted by molar-refractivity contribution is 14.3. The molecule has 0 radical (unpaired) electrons. The third-order valence-corrected chi connectivity index (χ3v) is 5.29. The first-order valence-corrected chi connectivity index (χ1v) is 10.8. The standard InChI is InChI=1S/C17H21I3N2O2/c1-4-15(23)22-9-8-16(2,11-22)21(3)13-6-5-7-14(10-13)24-12-17(18,19)20/h4-7,10H,1,8-9,11-12H2,2-3H3. The van der Waals surface area contributed by atoms with E-state index in [9.17, 15) is 4.79 Å². The van der Waals surface area contributed by atoms with Crippen LogP contribution in [0.25, 0.3) is 0 Å². The number of ether oxygens (including phenoxy) is 1.